The largest absolute Gasteiger partial charge is 0.393 e. The first kappa shape index (κ1) is 13.4. The minimum absolute atomic E-state index is 0.134. The van der Waals surface area contributed by atoms with Crippen LogP contribution in [0.25, 0.3) is 0 Å². The molecule has 4 heteroatoms. The molecule has 1 aliphatic rings. The maximum Gasteiger partial charge on any atom is 0.252 e. The first-order valence-corrected chi connectivity index (χ1v) is 6.67. The van der Waals surface area contributed by atoms with E-state index in [9.17, 15) is 9.90 Å². The van der Waals surface area contributed by atoms with Crippen molar-refractivity contribution >= 4 is 17.5 Å². The number of rotatable bonds is 3. The van der Waals surface area contributed by atoms with Gasteiger partial charge in [-0.1, -0.05) is 23.7 Å². The summed E-state index contributed by atoms with van der Waals surface area (Å²) in [5.41, 5.74) is 1.43. The molecule has 0 heterocycles. The lowest BCUT2D eigenvalue weighted by molar-refractivity contribution is 0.0945. The van der Waals surface area contributed by atoms with Gasteiger partial charge in [0.25, 0.3) is 5.91 Å². The second kappa shape index (κ2) is 5.72. The molecule has 1 fully saturated rings. The number of halogens is 1. The molecule has 0 saturated heterocycles. The molecule has 98 valence electrons. The van der Waals surface area contributed by atoms with Crippen LogP contribution in [0.15, 0.2) is 18.2 Å². The quantitative estimate of drug-likeness (QED) is 0.884. The van der Waals surface area contributed by atoms with E-state index in [0.29, 0.717) is 23.0 Å². The van der Waals surface area contributed by atoms with Crippen molar-refractivity contribution < 1.29 is 9.90 Å². The highest BCUT2D eigenvalue weighted by atomic mass is 35.5. The normalized spacial score (nSPS) is 23.1. The van der Waals surface area contributed by atoms with Gasteiger partial charge < -0.3 is 10.4 Å². The third kappa shape index (κ3) is 3.03. The molecule has 2 atom stereocenters. The van der Waals surface area contributed by atoms with Gasteiger partial charge in [-0.3, -0.25) is 4.79 Å². The highest BCUT2D eigenvalue weighted by molar-refractivity contribution is 6.34. The number of carbonyl (C=O) groups is 1. The van der Waals surface area contributed by atoms with Gasteiger partial charge in [0.2, 0.25) is 0 Å². The number of carbonyl (C=O) groups excluding carboxylic acids is 1. The number of hydrogen-bond donors (Lipinski definition) is 2. The van der Waals surface area contributed by atoms with Gasteiger partial charge in [-0.05, 0) is 43.7 Å². The van der Waals surface area contributed by atoms with Crippen molar-refractivity contribution in [1.82, 2.24) is 5.32 Å². The molecular weight excluding hydrogens is 250 g/mol. The van der Waals surface area contributed by atoms with Crippen molar-refractivity contribution in [2.75, 3.05) is 6.54 Å². The number of hydrogen-bond acceptors (Lipinski definition) is 2. The second-order valence-corrected chi connectivity index (χ2v) is 5.36. The Morgan fingerprint density at radius 3 is 2.94 bits per heavy atom. The van der Waals surface area contributed by atoms with Crippen molar-refractivity contribution in [3.05, 3.63) is 34.3 Å². The van der Waals surface area contributed by atoms with Crippen LogP contribution in [0.1, 0.15) is 35.2 Å². The van der Waals surface area contributed by atoms with E-state index in [0.717, 1.165) is 24.8 Å². The van der Waals surface area contributed by atoms with Crippen LogP contribution >= 0.6 is 11.6 Å². The van der Waals surface area contributed by atoms with Crippen LogP contribution < -0.4 is 5.32 Å². The zero-order valence-electron chi connectivity index (χ0n) is 10.4. The Morgan fingerprint density at radius 1 is 1.50 bits per heavy atom. The Bertz CT molecular complexity index is 447. The van der Waals surface area contributed by atoms with E-state index < -0.39 is 0 Å². The number of aliphatic hydroxyl groups excluding tert-OH is 1. The fourth-order valence-electron chi connectivity index (χ4n) is 2.39. The van der Waals surface area contributed by atoms with Crippen molar-refractivity contribution in [1.29, 1.82) is 0 Å². The predicted molar refractivity (Wildman–Crippen MR) is 71.9 cm³/mol. The Morgan fingerprint density at radius 2 is 2.28 bits per heavy atom. The predicted octanol–water partition coefficient (Wildman–Crippen LogP) is 2.54. The smallest absolute Gasteiger partial charge is 0.252 e. The highest BCUT2D eigenvalue weighted by Crippen LogP contribution is 2.25. The van der Waals surface area contributed by atoms with Crippen LogP contribution in [0.5, 0.6) is 0 Å². The maximum absolute atomic E-state index is 12.0. The fourth-order valence-corrected chi connectivity index (χ4v) is 2.60. The van der Waals surface area contributed by atoms with Crippen LogP contribution in [-0.2, 0) is 0 Å². The summed E-state index contributed by atoms with van der Waals surface area (Å²) in [5, 5.41) is 12.8. The molecule has 0 spiro atoms. The molecule has 1 amide bonds. The molecule has 0 bridgehead atoms. The summed E-state index contributed by atoms with van der Waals surface area (Å²) in [7, 11) is 0. The molecule has 0 radical (unpaired) electrons. The molecular formula is C14H18ClNO2. The minimum Gasteiger partial charge on any atom is -0.393 e. The zero-order chi connectivity index (χ0) is 13.1. The topological polar surface area (TPSA) is 49.3 Å². The van der Waals surface area contributed by atoms with Crippen molar-refractivity contribution in [2.24, 2.45) is 5.92 Å². The van der Waals surface area contributed by atoms with E-state index in [1.54, 1.807) is 6.07 Å². The molecule has 0 aliphatic heterocycles. The number of amides is 1. The molecule has 2 N–H and O–H groups in total. The van der Waals surface area contributed by atoms with Crippen LogP contribution in [0.2, 0.25) is 5.02 Å². The fraction of sp³-hybridized carbons (Fsp3) is 0.500. The van der Waals surface area contributed by atoms with E-state index in [-0.39, 0.29) is 12.0 Å². The summed E-state index contributed by atoms with van der Waals surface area (Å²) in [4.78, 5) is 12.0. The van der Waals surface area contributed by atoms with Gasteiger partial charge in [0.05, 0.1) is 16.7 Å². The van der Waals surface area contributed by atoms with Gasteiger partial charge in [-0.25, -0.2) is 0 Å². The Balaban J connectivity index is 1.94. The van der Waals surface area contributed by atoms with Gasteiger partial charge in [-0.2, -0.15) is 0 Å². The average molecular weight is 268 g/mol. The number of aryl methyl sites for hydroxylation is 1. The molecule has 3 nitrogen and oxygen atoms in total. The van der Waals surface area contributed by atoms with E-state index >= 15 is 0 Å². The first-order chi connectivity index (χ1) is 8.58. The van der Waals surface area contributed by atoms with Gasteiger partial charge >= 0.3 is 0 Å². The van der Waals surface area contributed by atoms with Gasteiger partial charge in [0.15, 0.2) is 0 Å². The number of benzene rings is 1. The third-order valence-electron chi connectivity index (χ3n) is 3.50. The molecule has 2 unspecified atom stereocenters. The second-order valence-electron chi connectivity index (χ2n) is 4.98. The lowest BCUT2D eigenvalue weighted by Crippen LogP contribution is -2.29. The van der Waals surface area contributed by atoms with Crippen LogP contribution in [0.3, 0.4) is 0 Å². The molecule has 18 heavy (non-hydrogen) atoms. The number of aliphatic hydroxyl groups is 1. The Labute approximate surface area is 112 Å². The summed E-state index contributed by atoms with van der Waals surface area (Å²) < 4.78 is 0. The third-order valence-corrected chi connectivity index (χ3v) is 4.00. The van der Waals surface area contributed by atoms with E-state index in [1.165, 1.54) is 0 Å². The first-order valence-electron chi connectivity index (χ1n) is 6.29. The maximum atomic E-state index is 12.0. The van der Waals surface area contributed by atoms with Gasteiger partial charge in [-0.15, -0.1) is 0 Å². The Hall–Kier alpha value is -1.06. The van der Waals surface area contributed by atoms with Crippen molar-refractivity contribution in [3.63, 3.8) is 0 Å². The molecule has 1 saturated carbocycles. The van der Waals surface area contributed by atoms with Crippen molar-refractivity contribution in [3.8, 4) is 0 Å². The van der Waals surface area contributed by atoms with E-state index in [1.807, 2.05) is 19.1 Å². The molecule has 1 aromatic carbocycles. The van der Waals surface area contributed by atoms with E-state index in [2.05, 4.69) is 5.32 Å². The molecule has 0 aromatic heterocycles. The monoisotopic (exact) mass is 267 g/mol. The summed E-state index contributed by atoms with van der Waals surface area (Å²) >= 11 is 6.11. The van der Waals surface area contributed by atoms with Crippen molar-refractivity contribution in [2.45, 2.75) is 32.3 Å². The Kier molecular flexibility index (Phi) is 4.25. The lowest BCUT2D eigenvalue weighted by atomic mass is 10.1. The van der Waals surface area contributed by atoms with Gasteiger partial charge in [0.1, 0.15) is 0 Å². The van der Waals surface area contributed by atoms with Crippen LogP contribution in [0.4, 0.5) is 0 Å². The minimum atomic E-state index is -0.200. The molecule has 1 aliphatic carbocycles. The molecule has 2 rings (SSSR count). The summed E-state index contributed by atoms with van der Waals surface area (Å²) in [5.74, 6) is 0.248. The highest BCUT2D eigenvalue weighted by Gasteiger charge is 2.23. The SMILES string of the molecule is Cc1cccc(C(=O)NCC2CCC(O)C2)c1Cl. The summed E-state index contributed by atoms with van der Waals surface area (Å²) in [6.45, 7) is 2.49. The average Bonchev–Trinajstić information content (AvgIpc) is 2.76. The number of nitrogens with one attached hydrogen (secondary N) is 1. The molecule has 1 aromatic rings. The zero-order valence-corrected chi connectivity index (χ0v) is 11.2. The standard InChI is InChI=1S/C14H18ClNO2/c1-9-3-2-4-12(13(9)15)14(18)16-8-10-5-6-11(17)7-10/h2-4,10-11,17H,5-8H2,1H3,(H,16,18). The van der Waals surface area contributed by atoms with Crippen LogP contribution in [-0.4, -0.2) is 23.7 Å². The van der Waals surface area contributed by atoms with Gasteiger partial charge in [0, 0.05) is 6.54 Å². The summed E-state index contributed by atoms with van der Waals surface area (Å²) in [6.07, 6.45) is 2.39. The van der Waals surface area contributed by atoms with E-state index in [4.69, 9.17) is 11.6 Å². The van der Waals surface area contributed by atoms with Crippen LogP contribution in [0, 0.1) is 12.8 Å². The lowest BCUT2D eigenvalue weighted by Gasteiger charge is -2.12. The summed E-state index contributed by atoms with van der Waals surface area (Å²) in [6, 6.07) is 5.44.